The fraction of sp³-hybridized carbons (Fsp3) is 0.100. The molecule has 0 unspecified atom stereocenters. The van der Waals surface area contributed by atoms with E-state index in [0.717, 1.165) is 43.4 Å². The molecule has 0 aliphatic heterocycles. The molecule has 1 aromatic carbocycles. The number of anilines is 1. The fourth-order valence-corrected chi connectivity index (χ4v) is 4.13. The minimum atomic E-state index is 0.836. The van der Waals surface area contributed by atoms with Gasteiger partial charge in [0.05, 0.1) is 21.6 Å². The summed E-state index contributed by atoms with van der Waals surface area (Å²) >= 11 is 1.67. The average molecular weight is 372 g/mol. The number of hydrogen-bond donors (Lipinski definition) is 0. The minimum Gasteiger partial charge on any atom is -0.361 e. The summed E-state index contributed by atoms with van der Waals surface area (Å²) in [4.78, 5) is 12.9. The minimum absolute atomic E-state index is 0.836. The van der Waals surface area contributed by atoms with Gasteiger partial charge in [0.15, 0.2) is 11.5 Å². The van der Waals surface area contributed by atoms with Gasteiger partial charge in [0.2, 0.25) is 0 Å². The Kier molecular flexibility index (Phi) is 3.61. The van der Waals surface area contributed by atoms with Crippen LogP contribution in [0.25, 0.3) is 37.6 Å². The lowest BCUT2D eigenvalue weighted by molar-refractivity contribution is 0.986. The van der Waals surface area contributed by atoms with Gasteiger partial charge in [-0.25, -0.2) is 4.98 Å². The highest BCUT2D eigenvalue weighted by Gasteiger charge is 2.15. The van der Waals surface area contributed by atoms with Gasteiger partial charge < -0.3 is 9.30 Å². The highest BCUT2D eigenvalue weighted by atomic mass is 32.1. The zero-order chi connectivity index (χ0) is 18.4. The summed E-state index contributed by atoms with van der Waals surface area (Å²) in [6.45, 7) is 0. The number of imidazole rings is 1. The van der Waals surface area contributed by atoms with Crippen LogP contribution in [-0.2, 0) is 0 Å². The molecule has 0 bridgehead atoms. The van der Waals surface area contributed by atoms with E-state index in [0.29, 0.717) is 0 Å². The first-order valence-corrected chi connectivity index (χ1v) is 9.34. The summed E-state index contributed by atoms with van der Waals surface area (Å²) in [6, 6.07) is 12.4. The van der Waals surface area contributed by atoms with Gasteiger partial charge in [0.25, 0.3) is 0 Å². The van der Waals surface area contributed by atoms with E-state index in [1.807, 2.05) is 47.9 Å². The lowest BCUT2D eigenvalue weighted by Gasteiger charge is -2.14. The molecule has 0 N–H and O–H groups in total. The van der Waals surface area contributed by atoms with E-state index >= 15 is 0 Å². The summed E-state index contributed by atoms with van der Waals surface area (Å²) in [5.41, 5.74) is 2.67. The van der Waals surface area contributed by atoms with E-state index in [9.17, 15) is 0 Å². The zero-order valence-corrected chi connectivity index (χ0v) is 15.7. The Hall–Kier alpha value is -3.32. The van der Waals surface area contributed by atoms with E-state index in [4.69, 9.17) is 0 Å². The molecule has 0 radical (unpaired) electrons. The summed E-state index contributed by atoms with van der Waals surface area (Å²) in [5.74, 6) is 0.874. The molecule has 0 spiro atoms. The second-order valence-electron chi connectivity index (χ2n) is 6.44. The van der Waals surface area contributed by atoms with Crippen molar-refractivity contribution < 1.29 is 0 Å². The third-order valence-electron chi connectivity index (χ3n) is 4.45. The second kappa shape index (κ2) is 6.14. The Morgan fingerprint density at radius 1 is 0.963 bits per heavy atom. The molecule has 0 fully saturated rings. The topological polar surface area (TPSA) is 59.2 Å². The Labute approximate surface area is 159 Å². The summed E-state index contributed by atoms with van der Waals surface area (Å²) in [7, 11) is 3.97. The molecular weight excluding hydrogens is 356 g/mol. The quantitative estimate of drug-likeness (QED) is 0.476. The van der Waals surface area contributed by atoms with E-state index < -0.39 is 0 Å². The van der Waals surface area contributed by atoms with Gasteiger partial charge in [-0.15, -0.1) is 21.5 Å². The molecular formula is C20H16N6S. The maximum absolute atomic E-state index is 4.66. The molecule has 0 atom stereocenters. The molecule has 6 nitrogen and oxygen atoms in total. The van der Waals surface area contributed by atoms with Crippen molar-refractivity contribution in [3.8, 4) is 21.1 Å². The maximum Gasteiger partial charge on any atom is 0.158 e. The van der Waals surface area contributed by atoms with Crippen LogP contribution >= 0.6 is 11.3 Å². The van der Waals surface area contributed by atoms with Crippen LogP contribution in [0.3, 0.4) is 0 Å². The molecule has 132 valence electrons. The molecule has 0 saturated carbocycles. The summed E-state index contributed by atoms with van der Waals surface area (Å²) in [5, 5.41) is 11.2. The first-order chi connectivity index (χ1) is 13.2. The van der Waals surface area contributed by atoms with Gasteiger partial charge in [-0.05, 0) is 12.1 Å². The second-order valence-corrected chi connectivity index (χ2v) is 7.53. The molecule has 0 aliphatic rings. The Bertz CT molecular complexity index is 1240. The lowest BCUT2D eigenvalue weighted by atomic mass is 10.1. The van der Waals surface area contributed by atoms with Crippen LogP contribution in [0.5, 0.6) is 0 Å². The number of nitrogens with zero attached hydrogens (tertiary/aromatic N) is 6. The highest BCUT2D eigenvalue weighted by Crippen LogP contribution is 2.37. The van der Waals surface area contributed by atoms with Crippen molar-refractivity contribution in [3.63, 3.8) is 0 Å². The van der Waals surface area contributed by atoms with Crippen LogP contribution in [0.15, 0.2) is 61.2 Å². The van der Waals surface area contributed by atoms with Gasteiger partial charge >= 0.3 is 0 Å². The maximum atomic E-state index is 4.66. The predicted molar refractivity (Wildman–Crippen MR) is 109 cm³/mol. The molecule has 4 heterocycles. The van der Waals surface area contributed by atoms with Crippen molar-refractivity contribution in [2.45, 2.75) is 0 Å². The highest BCUT2D eigenvalue weighted by molar-refractivity contribution is 7.18. The van der Waals surface area contributed by atoms with Crippen molar-refractivity contribution >= 4 is 33.6 Å². The summed E-state index contributed by atoms with van der Waals surface area (Å²) < 4.78 is 1.98. The number of rotatable bonds is 3. The van der Waals surface area contributed by atoms with Gasteiger partial charge in [-0.2, -0.15) is 0 Å². The van der Waals surface area contributed by atoms with Gasteiger partial charge in [-0.3, -0.25) is 4.98 Å². The van der Waals surface area contributed by atoms with E-state index in [2.05, 4.69) is 44.4 Å². The monoisotopic (exact) mass is 372 g/mol. The Morgan fingerprint density at radius 3 is 2.59 bits per heavy atom. The fourth-order valence-electron chi connectivity index (χ4n) is 3.17. The Morgan fingerprint density at radius 2 is 1.78 bits per heavy atom. The average Bonchev–Trinajstić information content (AvgIpc) is 3.33. The van der Waals surface area contributed by atoms with Crippen LogP contribution in [0.4, 0.5) is 5.82 Å². The number of aromatic nitrogens is 5. The SMILES string of the molecule is CN(C)c1nnc(-c2ccc(-c3cn4ccncc4n3)s2)c2ccccc12. The van der Waals surface area contributed by atoms with Crippen molar-refractivity contribution in [1.82, 2.24) is 24.6 Å². The standard InChI is InChI=1S/C20H16N6S/c1-25(2)20-14-6-4-3-5-13(14)19(23-24-20)17-8-7-16(27-17)15-12-26-10-9-21-11-18(26)22-15/h3-12H,1-2H3. The third kappa shape index (κ3) is 2.63. The van der Waals surface area contributed by atoms with E-state index in [1.54, 1.807) is 23.7 Å². The van der Waals surface area contributed by atoms with Crippen LogP contribution in [0.2, 0.25) is 0 Å². The first kappa shape index (κ1) is 15.9. The lowest BCUT2D eigenvalue weighted by Crippen LogP contribution is -2.12. The molecule has 5 rings (SSSR count). The molecule has 5 aromatic rings. The largest absolute Gasteiger partial charge is 0.361 e. The van der Waals surface area contributed by atoms with E-state index in [1.165, 1.54) is 0 Å². The van der Waals surface area contributed by atoms with Crippen LogP contribution < -0.4 is 4.90 Å². The van der Waals surface area contributed by atoms with Crippen LogP contribution in [0, 0.1) is 0 Å². The number of fused-ring (bicyclic) bond motifs is 2. The van der Waals surface area contributed by atoms with Crippen molar-refractivity contribution in [1.29, 1.82) is 0 Å². The van der Waals surface area contributed by atoms with Gasteiger partial charge in [-0.1, -0.05) is 24.3 Å². The first-order valence-electron chi connectivity index (χ1n) is 8.53. The molecule has 0 saturated heterocycles. The smallest absolute Gasteiger partial charge is 0.158 e. The predicted octanol–water partition coefficient (Wildman–Crippen LogP) is 4.13. The number of hydrogen-bond acceptors (Lipinski definition) is 6. The zero-order valence-electron chi connectivity index (χ0n) is 14.9. The number of benzene rings is 1. The molecule has 4 aromatic heterocycles. The van der Waals surface area contributed by atoms with E-state index in [-0.39, 0.29) is 0 Å². The van der Waals surface area contributed by atoms with Gasteiger partial charge in [0, 0.05) is 43.5 Å². The molecule has 0 amide bonds. The van der Waals surface area contributed by atoms with Crippen molar-refractivity contribution in [3.05, 3.63) is 61.2 Å². The van der Waals surface area contributed by atoms with Crippen LogP contribution in [-0.4, -0.2) is 38.7 Å². The van der Waals surface area contributed by atoms with Gasteiger partial charge in [0.1, 0.15) is 5.69 Å². The molecule has 27 heavy (non-hydrogen) atoms. The number of thiophene rings is 1. The molecule has 0 aliphatic carbocycles. The molecule has 7 heteroatoms. The third-order valence-corrected chi connectivity index (χ3v) is 5.56. The summed E-state index contributed by atoms with van der Waals surface area (Å²) in [6.07, 6.45) is 7.44. The van der Waals surface area contributed by atoms with Crippen LogP contribution in [0.1, 0.15) is 0 Å². The van der Waals surface area contributed by atoms with Crippen molar-refractivity contribution in [2.75, 3.05) is 19.0 Å². The van der Waals surface area contributed by atoms with Crippen molar-refractivity contribution in [2.24, 2.45) is 0 Å². The normalized spacial score (nSPS) is 11.3. The Balaban J connectivity index is 1.63.